The quantitative estimate of drug-likeness (QED) is 0.456. The molecule has 0 spiro atoms. The Bertz CT molecular complexity index is 146. The molecule has 0 saturated carbocycles. The Morgan fingerprint density at radius 3 is 2.40 bits per heavy atom. The molecule has 0 radical (unpaired) electrons. The van der Waals surface area contributed by atoms with Crippen molar-refractivity contribution in [2.75, 3.05) is 20.6 Å². The Labute approximate surface area is 61.5 Å². The van der Waals surface area contributed by atoms with E-state index in [0.717, 1.165) is 0 Å². The maximum Gasteiger partial charge on any atom is 0.0910 e. The SMILES string of the molecule is C/C(O)=C/C(=N)CN(C)C. The Hall–Kier alpha value is -0.830. The van der Waals surface area contributed by atoms with Gasteiger partial charge in [0.05, 0.1) is 5.76 Å². The highest BCUT2D eigenvalue weighted by molar-refractivity contribution is 5.94. The third-order valence-electron chi connectivity index (χ3n) is 0.870. The van der Waals surface area contributed by atoms with Crippen molar-refractivity contribution in [3.05, 3.63) is 11.8 Å². The summed E-state index contributed by atoms with van der Waals surface area (Å²) in [6, 6.07) is 0. The van der Waals surface area contributed by atoms with Gasteiger partial charge < -0.3 is 15.4 Å². The van der Waals surface area contributed by atoms with Crippen molar-refractivity contribution in [1.82, 2.24) is 4.90 Å². The van der Waals surface area contributed by atoms with Crippen molar-refractivity contribution in [2.24, 2.45) is 0 Å². The van der Waals surface area contributed by atoms with E-state index in [1.165, 1.54) is 6.08 Å². The number of hydrogen-bond donors (Lipinski definition) is 2. The number of rotatable bonds is 3. The van der Waals surface area contributed by atoms with Gasteiger partial charge in [-0.15, -0.1) is 0 Å². The molecule has 58 valence electrons. The van der Waals surface area contributed by atoms with Crippen LogP contribution in [0, 0.1) is 5.41 Å². The van der Waals surface area contributed by atoms with Crippen LogP contribution in [0.1, 0.15) is 6.92 Å². The number of allylic oxidation sites excluding steroid dienone is 1. The largest absolute Gasteiger partial charge is 0.513 e. The standard InChI is InChI=1S/C7H14N2O/c1-6(10)4-7(8)5-9(2)3/h4,8,10H,5H2,1-3H3/b6-4-,8-7?. The van der Waals surface area contributed by atoms with Gasteiger partial charge in [-0.3, -0.25) is 0 Å². The van der Waals surface area contributed by atoms with Gasteiger partial charge in [0.2, 0.25) is 0 Å². The van der Waals surface area contributed by atoms with Gasteiger partial charge in [-0.05, 0) is 27.1 Å². The zero-order chi connectivity index (χ0) is 8.15. The second-order valence-electron chi connectivity index (χ2n) is 2.55. The molecule has 0 bridgehead atoms. The van der Waals surface area contributed by atoms with Crippen LogP contribution in [0.5, 0.6) is 0 Å². The molecule has 0 aliphatic heterocycles. The Kier molecular flexibility index (Phi) is 3.72. The average Bonchev–Trinajstić information content (AvgIpc) is 1.58. The molecule has 3 heteroatoms. The molecule has 0 aromatic carbocycles. The number of aliphatic hydroxyl groups excluding tert-OH is 1. The lowest BCUT2D eigenvalue weighted by Gasteiger charge is -2.06. The van der Waals surface area contributed by atoms with E-state index in [0.29, 0.717) is 12.3 Å². The normalized spacial score (nSPS) is 12.2. The minimum Gasteiger partial charge on any atom is -0.513 e. The molecule has 0 saturated heterocycles. The summed E-state index contributed by atoms with van der Waals surface area (Å²) in [6.45, 7) is 2.13. The number of nitrogens with one attached hydrogen (secondary N) is 1. The summed E-state index contributed by atoms with van der Waals surface area (Å²) >= 11 is 0. The molecule has 10 heavy (non-hydrogen) atoms. The van der Waals surface area contributed by atoms with Gasteiger partial charge in [-0.1, -0.05) is 0 Å². The molecule has 0 heterocycles. The van der Waals surface area contributed by atoms with Gasteiger partial charge in [-0.2, -0.15) is 0 Å². The first-order chi connectivity index (χ1) is 4.52. The van der Waals surface area contributed by atoms with Crippen LogP contribution >= 0.6 is 0 Å². The van der Waals surface area contributed by atoms with E-state index < -0.39 is 0 Å². The maximum atomic E-state index is 8.74. The molecule has 0 fully saturated rings. The zero-order valence-electron chi connectivity index (χ0n) is 6.68. The molecule has 0 rings (SSSR count). The number of hydrogen-bond acceptors (Lipinski definition) is 3. The Morgan fingerprint density at radius 2 is 2.10 bits per heavy atom. The number of aliphatic hydroxyl groups is 1. The smallest absolute Gasteiger partial charge is 0.0910 e. The van der Waals surface area contributed by atoms with Crippen LogP contribution in [0.4, 0.5) is 0 Å². The molecule has 3 nitrogen and oxygen atoms in total. The van der Waals surface area contributed by atoms with Gasteiger partial charge in [0.25, 0.3) is 0 Å². The van der Waals surface area contributed by atoms with Crippen LogP contribution in [0.25, 0.3) is 0 Å². The molecule has 2 N–H and O–H groups in total. The lowest BCUT2D eigenvalue weighted by atomic mass is 10.3. The molecular formula is C7H14N2O. The predicted octanol–water partition coefficient (Wildman–Crippen LogP) is 1.03. The van der Waals surface area contributed by atoms with Crippen LogP contribution in [0.3, 0.4) is 0 Å². The fraction of sp³-hybridized carbons (Fsp3) is 0.571. The fourth-order valence-corrected chi connectivity index (χ4v) is 0.638. The van der Waals surface area contributed by atoms with Gasteiger partial charge in [0.15, 0.2) is 0 Å². The van der Waals surface area contributed by atoms with Crippen LogP contribution < -0.4 is 0 Å². The van der Waals surface area contributed by atoms with Crippen LogP contribution in [-0.4, -0.2) is 36.4 Å². The Balaban J connectivity index is 3.76. The first-order valence-corrected chi connectivity index (χ1v) is 3.12. The average molecular weight is 142 g/mol. The van der Waals surface area contributed by atoms with Crippen molar-refractivity contribution in [2.45, 2.75) is 6.92 Å². The Morgan fingerprint density at radius 1 is 1.60 bits per heavy atom. The molecule has 0 atom stereocenters. The van der Waals surface area contributed by atoms with Gasteiger partial charge in [-0.25, -0.2) is 0 Å². The summed E-state index contributed by atoms with van der Waals surface area (Å²) in [7, 11) is 3.77. The molecular weight excluding hydrogens is 128 g/mol. The van der Waals surface area contributed by atoms with Crippen molar-refractivity contribution >= 4 is 5.71 Å². The minimum atomic E-state index is 0.187. The molecule has 0 amide bonds. The van der Waals surface area contributed by atoms with E-state index in [1.807, 2.05) is 19.0 Å². The first-order valence-electron chi connectivity index (χ1n) is 3.12. The van der Waals surface area contributed by atoms with E-state index in [-0.39, 0.29) is 5.76 Å². The highest BCUT2D eigenvalue weighted by atomic mass is 16.3. The van der Waals surface area contributed by atoms with E-state index in [2.05, 4.69) is 0 Å². The minimum absolute atomic E-state index is 0.187. The molecule has 0 unspecified atom stereocenters. The summed E-state index contributed by atoms with van der Waals surface area (Å²) < 4.78 is 0. The highest BCUT2D eigenvalue weighted by Crippen LogP contribution is 1.87. The fourth-order valence-electron chi connectivity index (χ4n) is 0.638. The van der Waals surface area contributed by atoms with E-state index in [9.17, 15) is 0 Å². The van der Waals surface area contributed by atoms with Crippen LogP contribution in [-0.2, 0) is 0 Å². The molecule has 0 aromatic rings. The topological polar surface area (TPSA) is 47.3 Å². The third kappa shape index (κ3) is 5.31. The number of nitrogens with zero attached hydrogens (tertiary/aromatic N) is 1. The van der Waals surface area contributed by atoms with Crippen LogP contribution in [0.15, 0.2) is 11.8 Å². The molecule has 0 aliphatic rings. The predicted molar refractivity (Wildman–Crippen MR) is 42.7 cm³/mol. The zero-order valence-corrected chi connectivity index (χ0v) is 6.68. The lowest BCUT2D eigenvalue weighted by Crippen LogP contribution is -2.19. The monoisotopic (exact) mass is 142 g/mol. The second-order valence-corrected chi connectivity index (χ2v) is 2.55. The lowest BCUT2D eigenvalue weighted by molar-refractivity contribution is 0.414. The third-order valence-corrected chi connectivity index (χ3v) is 0.870. The summed E-state index contributed by atoms with van der Waals surface area (Å²) in [4.78, 5) is 1.88. The van der Waals surface area contributed by atoms with E-state index >= 15 is 0 Å². The van der Waals surface area contributed by atoms with Crippen molar-refractivity contribution in [3.8, 4) is 0 Å². The van der Waals surface area contributed by atoms with Gasteiger partial charge in [0, 0.05) is 12.3 Å². The molecule has 0 aromatic heterocycles. The van der Waals surface area contributed by atoms with Gasteiger partial charge in [0.1, 0.15) is 0 Å². The van der Waals surface area contributed by atoms with Crippen LogP contribution in [0.2, 0.25) is 0 Å². The second kappa shape index (κ2) is 4.06. The summed E-state index contributed by atoms with van der Waals surface area (Å²) in [6.07, 6.45) is 1.44. The first kappa shape index (κ1) is 9.17. The summed E-state index contributed by atoms with van der Waals surface area (Å²) in [5.41, 5.74) is 0.421. The summed E-state index contributed by atoms with van der Waals surface area (Å²) in [5, 5.41) is 16.0. The van der Waals surface area contributed by atoms with Crippen molar-refractivity contribution < 1.29 is 5.11 Å². The van der Waals surface area contributed by atoms with Crippen molar-refractivity contribution in [3.63, 3.8) is 0 Å². The van der Waals surface area contributed by atoms with Gasteiger partial charge >= 0.3 is 0 Å². The van der Waals surface area contributed by atoms with E-state index in [4.69, 9.17) is 10.5 Å². The van der Waals surface area contributed by atoms with Crippen molar-refractivity contribution in [1.29, 1.82) is 5.41 Å². The highest BCUT2D eigenvalue weighted by Gasteiger charge is 1.94. The molecule has 0 aliphatic carbocycles. The van der Waals surface area contributed by atoms with E-state index in [1.54, 1.807) is 6.92 Å². The summed E-state index contributed by atoms with van der Waals surface area (Å²) in [5.74, 6) is 0.187. The maximum absolute atomic E-state index is 8.74.